The van der Waals surface area contributed by atoms with Crippen LogP contribution >= 0.6 is 11.3 Å². The number of likely N-dealkylation sites (tertiary alicyclic amines) is 1. The van der Waals surface area contributed by atoms with E-state index in [-0.39, 0.29) is 5.41 Å². The van der Waals surface area contributed by atoms with Crippen LogP contribution in [0.15, 0.2) is 35.7 Å². The average molecular weight is 373 g/mol. The molecule has 3 rings (SSSR count). The summed E-state index contributed by atoms with van der Waals surface area (Å²) in [6.45, 7) is 7.83. The number of nitrogens with zero attached hydrogens (tertiary/aromatic N) is 2. The molecule has 0 aliphatic carbocycles. The first-order valence-electron chi connectivity index (χ1n) is 9.92. The van der Waals surface area contributed by atoms with Crippen molar-refractivity contribution in [3.8, 4) is 0 Å². The highest BCUT2D eigenvalue weighted by Gasteiger charge is 2.33. The van der Waals surface area contributed by atoms with Crippen molar-refractivity contribution < 1.29 is 5.11 Å². The summed E-state index contributed by atoms with van der Waals surface area (Å²) in [4.78, 5) is 7.28. The molecular weight excluding hydrogens is 340 g/mol. The van der Waals surface area contributed by atoms with Crippen LogP contribution in [0, 0.1) is 5.41 Å². The molecule has 0 saturated carbocycles. The molecule has 0 radical (unpaired) electrons. The normalized spacial score (nSPS) is 17.7. The Morgan fingerprint density at radius 3 is 2.54 bits per heavy atom. The predicted octanol–water partition coefficient (Wildman–Crippen LogP) is 4.86. The van der Waals surface area contributed by atoms with Crippen molar-refractivity contribution in [2.75, 3.05) is 19.7 Å². The lowest BCUT2D eigenvalue weighted by atomic mass is 9.75. The summed E-state index contributed by atoms with van der Waals surface area (Å²) in [5, 5.41) is 13.5. The van der Waals surface area contributed by atoms with Crippen LogP contribution in [0.25, 0.3) is 0 Å². The Bertz CT molecular complexity index is 660. The molecule has 2 heterocycles. The zero-order chi connectivity index (χ0) is 18.4. The minimum atomic E-state index is 0.122. The molecule has 1 N–H and O–H groups in total. The lowest BCUT2D eigenvalue weighted by molar-refractivity contribution is 0.0329. The maximum atomic E-state index is 10.1. The maximum Gasteiger partial charge on any atom is 0.107 e. The second-order valence-corrected chi connectivity index (χ2v) is 9.04. The van der Waals surface area contributed by atoms with Crippen LogP contribution in [-0.4, -0.2) is 34.7 Å². The average Bonchev–Trinajstić information content (AvgIpc) is 3.13. The van der Waals surface area contributed by atoms with E-state index in [9.17, 15) is 5.11 Å². The molecule has 2 aromatic rings. The number of thiazole rings is 1. The molecule has 1 aromatic carbocycles. The Kier molecular flexibility index (Phi) is 6.85. The van der Waals surface area contributed by atoms with Crippen molar-refractivity contribution >= 4 is 11.3 Å². The van der Waals surface area contributed by atoms with Gasteiger partial charge in [0.25, 0.3) is 0 Å². The van der Waals surface area contributed by atoms with Gasteiger partial charge in [-0.1, -0.05) is 44.2 Å². The second-order valence-electron chi connectivity index (χ2n) is 8.09. The highest BCUT2D eigenvalue weighted by atomic mass is 32.1. The number of hydrogen-bond donors (Lipinski definition) is 1. The Labute approximate surface area is 162 Å². The number of hydrogen-bond acceptors (Lipinski definition) is 4. The van der Waals surface area contributed by atoms with E-state index in [2.05, 4.69) is 54.5 Å². The first-order chi connectivity index (χ1) is 12.6. The topological polar surface area (TPSA) is 36.4 Å². The van der Waals surface area contributed by atoms with Gasteiger partial charge >= 0.3 is 0 Å². The lowest BCUT2D eigenvalue weighted by Crippen LogP contribution is -2.41. The summed E-state index contributed by atoms with van der Waals surface area (Å²) in [5.74, 6) is 0.507. The summed E-state index contributed by atoms with van der Waals surface area (Å²) >= 11 is 1.79. The van der Waals surface area contributed by atoms with Gasteiger partial charge in [0, 0.05) is 12.0 Å². The van der Waals surface area contributed by atoms with Gasteiger partial charge in [-0.15, -0.1) is 11.3 Å². The summed E-state index contributed by atoms with van der Waals surface area (Å²) in [7, 11) is 0. The van der Waals surface area contributed by atoms with E-state index in [0.29, 0.717) is 12.5 Å². The van der Waals surface area contributed by atoms with Crippen LogP contribution in [0.3, 0.4) is 0 Å². The monoisotopic (exact) mass is 372 g/mol. The van der Waals surface area contributed by atoms with Crippen LogP contribution in [0.2, 0.25) is 0 Å². The molecule has 26 heavy (non-hydrogen) atoms. The first-order valence-corrected chi connectivity index (χ1v) is 10.8. The molecule has 0 spiro atoms. The largest absolute Gasteiger partial charge is 0.396 e. The van der Waals surface area contributed by atoms with Crippen LogP contribution in [0.1, 0.15) is 61.7 Å². The molecule has 1 aliphatic rings. The minimum Gasteiger partial charge on any atom is -0.396 e. The molecule has 0 unspecified atom stereocenters. The molecule has 1 aromatic heterocycles. The van der Waals surface area contributed by atoms with Crippen LogP contribution in [0.4, 0.5) is 0 Å². The highest BCUT2D eigenvalue weighted by molar-refractivity contribution is 7.09. The van der Waals surface area contributed by atoms with Crippen molar-refractivity contribution in [2.24, 2.45) is 5.41 Å². The minimum absolute atomic E-state index is 0.122. The number of aromatic nitrogens is 1. The van der Waals surface area contributed by atoms with E-state index in [1.807, 2.05) is 0 Å². The van der Waals surface area contributed by atoms with Crippen molar-refractivity contribution in [3.63, 3.8) is 0 Å². The molecular formula is C22H32N2OS. The number of rotatable bonds is 8. The van der Waals surface area contributed by atoms with Crippen molar-refractivity contribution in [1.29, 1.82) is 0 Å². The fourth-order valence-corrected chi connectivity index (χ4v) is 4.84. The molecule has 142 valence electrons. The Morgan fingerprint density at radius 2 is 1.92 bits per heavy atom. The molecule has 0 atom stereocenters. The van der Waals surface area contributed by atoms with Gasteiger partial charge in [-0.05, 0) is 62.1 Å². The van der Waals surface area contributed by atoms with Gasteiger partial charge in [0.15, 0.2) is 0 Å². The summed E-state index contributed by atoms with van der Waals surface area (Å²) < 4.78 is 0. The van der Waals surface area contributed by atoms with Crippen LogP contribution < -0.4 is 0 Å². The van der Waals surface area contributed by atoms with Crippen molar-refractivity contribution in [1.82, 2.24) is 9.88 Å². The fraction of sp³-hybridized carbons (Fsp3) is 0.591. The zero-order valence-corrected chi connectivity index (χ0v) is 17.0. The zero-order valence-electron chi connectivity index (χ0n) is 16.2. The Balaban J connectivity index is 1.46. The van der Waals surface area contributed by atoms with Gasteiger partial charge < -0.3 is 5.11 Å². The molecule has 1 fully saturated rings. The summed E-state index contributed by atoms with van der Waals surface area (Å²) in [6.07, 6.45) is 5.60. The van der Waals surface area contributed by atoms with Gasteiger partial charge in [-0.3, -0.25) is 4.90 Å². The standard InChI is InChI=1S/C22H32N2OS/c1-18(2)20-16-26-21(23-20)15-24-13-11-22(17-25,12-14-24)10-6-9-19-7-4-3-5-8-19/h3-5,7-8,16,18,25H,6,9-15,17H2,1-2H3. The number of benzene rings is 1. The number of aryl methyl sites for hydroxylation is 1. The highest BCUT2D eigenvalue weighted by Crippen LogP contribution is 2.36. The third-order valence-electron chi connectivity index (χ3n) is 5.79. The third kappa shape index (κ3) is 5.15. The lowest BCUT2D eigenvalue weighted by Gasteiger charge is -2.40. The molecule has 4 heteroatoms. The molecule has 1 aliphatic heterocycles. The number of aliphatic hydroxyl groups excluding tert-OH is 1. The smallest absolute Gasteiger partial charge is 0.107 e. The Morgan fingerprint density at radius 1 is 1.19 bits per heavy atom. The van der Waals surface area contributed by atoms with Gasteiger partial charge in [0.1, 0.15) is 5.01 Å². The van der Waals surface area contributed by atoms with E-state index < -0.39 is 0 Å². The Hall–Kier alpha value is -1.23. The van der Waals surface area contributed by atoms with Crippen molar-refractivity contribution in [3.05, 3.63) is 52.0 Å². The third-order valence-corrected chi connectivity index (χ3v) is 6.64. The fourth-order valence-electron chi connectivity index (χ4n) is 3.84. The summed E-state index contributed by atoms with van der Waals surface area (Å²) in [5.41, 5.74) is 2.74. The maximum absolute atomic E-state index is 10.1. The second kappa shape index (κ2) is 9.12. The van der Waals surface area contributed by atoms with Crippen LogP contribution in [-0.2, 0) is 13.0 Å². The van der Waals surface area contributed by atoms with E-state index in [0.717, 1.165) is 51.7 Å². The molecule has 0 bridgehead atoms. The molecule has 0 amide bonds. The first kappa shape index (κ1) is 19.5. The molecule has 3 nitrogen and oxygen atoms in total. The summed E-state index contributed by atoms with van der Waals surface area (Å²) in [6, 6.07) is 10.7. The van der Waals surface area contributed by atoms with E-state index in [1.54, 1.807) is 11.3 Å². The number of aliphatic hydroxyl groups is 1. The van der Waals surface area contributed by atoms with E-state index in [1.165, 1.54) is 16.3 Å². The SMILES string of the molecule is CC(C)c1csc(CN2CCC(CO)(CCCc3ccccc3)CC2)n1. The number of piperidine rings is 1. The predicted molar refractivity (Wildman–Crippen MR) is 110 cm³/mol. The van der Waals surface area contributed by atoms with E-state index in [4.69, 9.17) is 4.98 Å². The van der Waals surface area contributed by atoms with Gasteiger partial charge in [0.05, 0.1) is 12.2 Å². The van der Waals surface area contributed by atoms with Gasteiger partial charge in [-0.25, -0.2) is 4.98 Å². The van der Waals surface area contributed by atoms with Crippen LogP contribution in [0.5, 0.6) is 0 Å². The van der Waals surface area contributed by atoms with Gasteiger partial charge in [0.2, 0.25) is 0 Å². The van der Waals surface area contributed by atoms with E-state index >= 15 is 0 Å². The quantitative estimate of drug-likeness (QED) is 0.718. The molecule has 1 saturated heterocycles. The van der Waals surface area contributed by atoms with Gasteiger partial charge in [-0.2, -0.15) is 0 Å². The van der Waals surface area contributed by atoms with Crippen molar-refractivity contribution in [2.45, 2.75) is 58.4 Å².